The van der Waals surface area contributed by atoms with E-state index in [9.17, 15) is 43.2 Å². The van der Waals surface area contributed by atoms with E-state index in [-0.39, 0.29) is 6.54 Å². The molecule has 0 aromatic heterocycles. The van der Waals surface area contributed by atoms with Gasteiger partial charge >= 0.3 is 11.0 Å². The van der Waals surface area contributed by atoms with E-state index in [1.54, 1.807) is 0 Å². The lowest BCUT2D eigenvalue weighted by Gasteiger charge is -2.36. The van der Waals surface area contributed by atoms with Gasteiger partial charge in [-0.1, -0.05) is 26.2 Å². The normalized spacial score (nSPS) is 19.4. The van der Waals surface area contributed by atoms with Crippen molar-refractivity contribution >= 4 is 19.7 Å². The molecular formula is C13H20F6N2O4S2. The number of sulfone groups is 2. The Bertz CT molecular complexity index is 702. The summed E-state index contributed by atoms with van der Waals surface area (Å²) >= 11 is 0. The van der Waals surface area contributed by atoms with Crippen LogP contribution < -0.4 is 0 Å². The van der Waals surface area contributed by atoms with Gasteiger partial charge in [0, 0.05) is 26.0 Å². The third-order valence-electron chi connectivity index (χ3n) is 4.02. The highest BCUT2D eigenvalue weighted by Gasteiger charge is 2.67. The van der Waals surface area contributed by atoms with E-state index >= 15 is 0 Å². The first-order valence-corrected chi connectivity index (χ1v) is 10.9. The summed E-state index contributed by atoms with van der Waals surface area (Å²) < 4.78 is 121. The van der Waals surface area contributed by atoms with E-state index in [1.807, 2.05) is 6.92 Å². The minimum Gasteiger partial charge on any atom is -0.357 e. The fourth-order valence-electron chi connectivity index (χ4n) is 2.63. The number of unbranched alkanes of at least 4 members (excludes halogenated alkanes) is 3. The van der Waals surface area contributed by atoms with Gasteiger partial charge in [0.15, 0.2) is 0 Å². The first-order chi connectivity index (χ1) is 12.1. The summed E-state index contributed by atoms with van der Waals surface area (Å²) in [4.78, 5) is 1.60. The van der Waals surface area contributed by atoms with Crippen molar-refractivity contribution in [1.29, 1.82) is 0 Å². The maximum atomic E-state index is 13.0. The standard InChI is InChI=1S/C13H20F6N2O4S2/c1-3-4-5-6-7-21-9-8-20(2)10(21)11(26(22,23)12(14,15)16)27(24,25)13(17,18)19/h8-11H,3-7H2,1-2H3. The van der Waals surface area contributed by atoms with Gasteiger partial charge < -0.3 is 9.80 Å². The molecule has 0 aliphatic carbocycles. The Balaban J connectivity index is 3.42. The van der Waals surface area contributed by atoms with Crippen molar-refractivity contribution in [1.82, 2.24) is 9.80 Å². The van der Waals surface area contributed by atoms with Crippen molar-refractivity contribution in [3.63, 3.8) is 0 Å². The smallest absolute Gasteiger partial charge is 0.357 e. The summed E-state index contributed by atoms with van der Waals surface area (Å²) in [5.74, 6) is 0. The molecule has 1 heterocycles. The molecule has 1 atom stereocenters. The van der Waals surface area contributed by atoms with Gasteiger partial charge in [0.2, 0.25) is 4.58 Å². The fraction of sp³-hybridized carbons (Fsp3) is 0.846. The zero-order valence-corrected chi connectivity index (χ0v) is 16.1. The number of hydrogen-bond acceptors (Lipinski definition) is 6. The van der Waals surface area contributed by atoms with Crippen molar-refractivity contribution in [3.8, 4) is 0 Å². The quantitative estimate of drug-likeness (QED) is 0.422. The van der Waals surface area contributed by atoms with E-state index in [0.717, 1.165) is 42.1 Å². The molecule has 0 spiro atoms. The molecule has 1 unspecified atom stereocenters. The molecule has 0 radical (unpaired) electrons. The molecule has 0 fully saturated rings. The average molecular weight is 446 g/mol. The van der Waals surface area contributed by atoms with Crippen LogP contribution in [0.25, 0.3) is 0 Å². The van der Waals surface area contributed by atoms with Crippen LogP contribution in [0.3, 0.4) is 0 Å². The van der Waals surface area contributed by atoms with Gasteiger partial charge in [0.1, 0.15) is 6.17 Å². The molecule has 160 valence electrons. The minimum atomic E-state index is -6.70. The Morgan fingerprint density at radius 2 is 1.37 bits per heavy atom. The third kappa shape index (κ3) is 4.81. The molecule has 1 aliphatic heterocycles. The molecule has 1 rings (SSSR count). The van der Waals surface area contributed by atoms with Crippen LogP contribution in [-0.2, 0) is 19.7 Å². The highest BCUT2D eigenvalue weighted by Crippen LogP contribution is 2.40. The van der Waals surface area contributed by atoms with E-state index in [4.69, 9.17) is 0 Å². The maximum Gasteiger partial charge on any atom is 0.498 e. The highest BCUT2D eigenvalue weighted by atomic mass is 32.3. The van der Waals surface area contributed by atoms with Gasteiger partial charge in [-0.3, -0.25) is 0 Å². The van der Waals surface area contributed by atoms with Crippen LogP contribution in [0.4, 0.5) is 26.3 Å². The van der Waals surface area contributed by atoms with Gasteiger partial charge in [0.25, 0.3) is 19.7 Å². The van der Waals surface area contributed by atoms with E-state index < -0.39 is 41.4 Å². The molecular weight excluding hydrogens is 426 g/mol. The molecule has 1 aliphatic rings. The second kappa shape index (κ2) is 8.05. The van der Waals surface area contributed by atoms with Crippen molar-refractivity contribution < 1.29 is 43.2 Å². The van der Waals surface area contributed by atoms with Gasteiger partial charge in [-0.2, -0.15) is 26.3 Å². The molecule has 0 saturated carbocycles. The molecule has 0 saturated heterocycles. The Labute approximate surface area is 153 Å². The molecule has 0 N–H and O–H groups in total. The van der Waals surface area contributed by atoms with Gasteiger partial charge in [-0.25, -0.2) is 16.8 Å². The van der Waals surface area contributed by atoms with Gasteiger partial charge in [0.05, 0.1) is 0 Å². The van der Waals surface area contributed by atoms with Crippen LogP contribution in [-0.4, -0.2) is 62.0 Å². The van der Waals surface area contributed by atoms with Crippen molar-refractivity contribution in [2.45, 2.75) is 54.4 Å². The summed E-state index contributed by atoms with van der Waals surface area (Å²) in [7, 11) is -12.4. The van der Waals surface area contributed by atoms with Crippen LogP contribution in [0.2, 0.25) is 0 Å². The summed E-state index contributed by atoms with van der Waals surface area (Å²) in [6.45, 7) is 1.79. The van der Waals surface area contributed by atoms with Gasteiger partial charge in [-0.15, -0.1) is 0 Å². The lowest BCUT2D eigenvalue weighted by Crippen LogP contribution is -2.58. The molecule has 0 aromatic rings. The second-order valence-electron chi connectivity index (χ2n) is 6.03. The maximum absolute atomic E-state index is 13.0. The zero-order valence-electron chi connectivity index (χ0n) is 14.5. The van der Waals surface area contributed by atoms with Crippen molar-refractivity contribution in [2.75, 3.05) is 13.6 Å². The van der Waals surface area contributed by atoms with Gasteiger partial charge in [-0.05, 0) is 6.42 Å². The first-order valence-electron chi connectivity index (χ1n) is 7.85. The highest BCUT2D eigenvalue weighted by molar-refractivity contribution is 8.09. The molecule has 0 aromatic carbocycles. The molecule has 27 heavy (non-hydrogen) atoms. The summed E-state index contributed by atoms with van der Waals surface area (Å²) in [5.41, 5.74) is -12.3. The van der Waals surface area contributed by atoms with Crippen LogP contribution in [0.1, 0.15) is 32.6 Å². The molecule has 0 amide bonds. The zero-order chi connectivity index (χ0) is 21.3. The van der Waals surface area contributed by atoms with E-state index in [2.05, 4.69) is 0 Å². The van der Waals surface area contributed by atoms with Crippen LogP contribution >= 0.6 is 0 Å². The molecule has 14 heteroatoms. The van der Waals surface area contributed by atoms with Crippen molar-refractivity contribution in [3.05, 3.63) is 12.4 Å². The SMILES string of the molecule is CCCCCCN1C=CN(C)C1C(S(=O)(=O)C(F)(F)F)S(=O)(=O)C(F)(F)F. The van der Waals surface area contributed by atoms with Crippen LogP contribution in [0, 0.1) is 0 Å². The first kappa shape index (κ1) is 23.9. The third-order valence-corrected chi connectivity index (χ3v) is 8.54. The van der Waals surface area contributed by atoms with E-state index in [1.165, 1.54) is 0 Å². The second-order valence-corrected chi connectivity index (χ2v) is 10.4. The minimum absolute atomic E-state index is 0.0945. The number of nitrogens with zero attached hydrogens (tertiary/aromatic N) is 2. The number of hydrogen-bond donors (Lipinski definition) is 0. The Morgan fingerprint density at radius 1 is 0.889 bits per heavy atom. The number of halogens is 6. The van der Waals surface area contributed by atoms with E-state index in [0.29, 0.717) is 12.8 Å². The van der Waals surface area contributed by atoms with Crippen LogP contribution in [0.15, 0.2) is 12.4 Å². The Hall–Kier alpha value is -1.18. The largest absolute Gasteiger partial charge is 0.498 e. The average Bonchev–Trinajstić information content (AvgIpc) is 2.82. The summed E-state index contributed by atoms with van der Waals surface area (Å²) in [6.07, 6.45) is 2.43. The Kier molecular flexibility index (Phi) is 7.12. The Morgan fingerprint density at radius 3 is 1.78 bits per heavy atom. The number of rotatable bonds is 8. The topological polar surface area (TPSA) is 74.8 Å². The molecule has 0 bridgehead atoms. The lowest BCUT2D eigenvalue weighted by molar-refractivity contribution is -0.0490. The summed E-state index contributed by atoms with van der Waals surface area (Å²) in [5, 5.41) is 0. The molecule has 6 nitrogen and oxygen atoms in total. The monoisotopic (exact) mass is 446 g/mol. The predicted molar refractivity (Wildman–Crippen MR) is 85.3 cm³/mol. The predicted octanol–water partition coefficient (Wildman–Crippen LogP) is 2.81. The summed E-state index contributed by atoms with van der Waals surface area (Å²) in [6, 6.07) is 0. The van der Waals surface area contributed by atoms with Crippen molar-refractivity contribution in [2.24, 2.45) is 0 Å². The lowest BCUT2D eigenvalue weighted by atomic mass is 10.2. The fourth-order valence-corrected chi connectivity index (χ4v) is 6.48. The van der Waals surface area contributed by atoms with Crippen LogP contribution in [0.5, 0.6) is 0 Å². The number of alkyl halides is 6.